The van der Waals surface area contributed by atoms with Crippen LogP contribution in [0.1, 0.15) is 23.2 Å². The fraction of sp³-hybridized carbons (Fsp3) is 0.400. The largest absolute Gasteiger partial charge is 0.490 e. The Kier molecular flexibility index (Phi) is 5.83. The SMILES string of the molecule is CCc1nc(C)ccc1OCCNCc1ccc(Cl)s1. The third-order valence-electron chi connectivity index (χ3n) is 2.87. The molecule has 0 unspecified atom stereocenters. The van der Waals surface area contributed by atoms with E-state index in [1.54, 1.807) is 11.3 Å². The van der Waals surface area contributed by atoms with Gasteiger partial charge in [0.1, 0.15) is 12.4 Å². The summed E-state index contributed by atoms with van der Waals surface area (Å²) in [5.74, 6) is 0.888. The molecule has 0 aromatic carbocycles. The van der Waals surface area contributed by atoms with Crippen LogP contribution in [0.2, 0.25) is 4.34 Å². The first kappa shape index (κ1) is 15.3. The van der Waals surface area contributed by atoms with Gasteiger partial charge in [0.15, 0.2) is 0 Å². The summed E-state index contributed by atoms with van der Waals surface area (Å²) in [5.41, 5.74) is 2.05. The summed E-state index contributed by atoms with van der Waals surface area (Å²) >= 11 is 7.49. The van der Waals surface area contributed by atoms with E-state index < -0.39 is 0 Å². The minimum Gasteiger partial charge on any atom is -0.490 e. The minimum atomic E-state index is 0.636. The van der Waals surface area contributed by atoms with Crippen LogP contribution in [0.15, 0.2) is 24.3 Å². The van der Waals surface area contributed by atoms with Crippen LogP contribution in [0, 0.1) is 6.92 Å². The number of nitrogens with zero attached hydrogens (tertiary/aromatic N) is 1. The molecule has 20 heavy (non-hydrogen) atoms. The standard InChI is InChI=1S/C15H19ClN2OS/c1-3-13-14(6-4-11(2)18-13)19-9-8-17-10-12-5-7-15(16)20-12/h4-7,17H,3,8-10H2,1-2H3. The molecule has 0 radical (unpaired) electrons. The van der Waals surface area contributed by atoms with E-state index in [4.69, 9.17) is 16.3 Å². The molecule has 3 nitrogen and oxygen atoms in total. The fourth-order valence-corrected chi connectivity index (χ4v) is 2.93. The van der Waals surface area contributed by atoms with Crippen molar-refractivity contribution in [2.75, 3.05) is 13.2 Å². The summed E-state index contributed by atoms with van der Waals surface area (Å²) in [4.78, 5) is 5.72. The lowest BCUT2D eigenvalue weighted by Gasteiger charge is -2.10. The van der Waals surface area contributed by atoms with Gasteiger partial charge in [0.05, 0.1) is 10.0 Å². The molecular formula is C15H19ClN2OS. The number of aryl methyl sites for hydroxylation is 2. The fourth-order valence-electron chi connectivity index (χ4n) is 1.87. The Morgan fingerprint density at radius 2 is 2.15 bits per heavy atom. The Hall–Kier alpha value is -1.10. The van der Waals surface area contributed by atoms with Crippen molar-refractivity contribution in [2.24, 2.45) is 0 Å². The average molecular weight is 311 g/mol. The van der Waals surface area contributed by atoms with Crippen molar-refractivity contribution in [2.45, 2.75) is 26.8 Å². The zero-order chi connectivity index (χ0) is 14.4. The second-order valence-corrected chi connectivity index (χ2v) is 6.28. The summed E-state index contributed by atoms with van der Waals surface area (Å²) in [7, 11) is 0. The van der Waals surface area contributed by atoms with E-state index in [0.29, 0.717) is 6.61 Å². The Morgan fingerprint density at radius 3 is 2.85 bits per heavy atom. The molecule has 0 atom stereocenters. The Labute approximate surface area is 129 Å². The molecule has 0 amide bonds. The van der Waals surface area contributed by atoms with Crippen LogP contribution in [-0.4, -0.2) is 18.1 Å². The van der Waals surface area contributed by atoms with E-state index in [1.165, 1.54) is 4.88 Å². The van der Waals surface area contributed by atoms with E-state index in [1.807, 2.05) is 31.2 Å². The zero-order valence-corrected chi connectivity index (χ0v) is 13.4. The van der Waals surface area contributed by atoms with Gasteiger partial charge in [-0.05, 0) is 37.6 Å². The van der Waals surface area contributed by atoms with Gasteiger partial charge in [0.25, 0.3) is 0 Å². The number of pyridine rings is 1. The molecule has 1 N–H and O–H groups in total. The normalized spacial score (nSPS) is 10.8. The Morgan fingerprint density at radius 1 is 1.30 bits per heavy atom. The van der Waals surface area contributed by atoms with Crippen LogP contribution in [0.4, 0.5) is 0 Å². The first-order valence-electron chi connectivity index (χ1n) is 6.73. The van der Waals surface area contributed by atoms with Crippen molar-refractivity contribution in [3.05, 3.63) is 44.9 Å². The second kappa shape index (κ2) is 7.62. The highest BCUT2D eigenvalue weighted by atomic mass is 35.5. The van der Waals surface area contributed by atoms with E-state index >= 15 is 0 Å². The summed E-state index contributed by atoms with van der Waals surface area (Å²) in [6.45, 7) is 6.35. The lowest BCUT2D eigenvalue weighted by Crippen LogP contribution is -2.20. The molecule has 0 saturated heterocycles. The number of rotatable bonds is 7. The molecule has 0 aliphatic heterocycles. The third kappa shape index (κ3) is 4.47. The molecule has 2 aromatic heterocycles. The maximum atomic E-state index is 5.89. The third-order valence-corrected chi connectivity index (χ3v) is 4.10. The first-order chi connectivity index (χ1) is 9.69. The quantitative estimate of drug-likeness (QED) is 0.789. The molecule has 0 spiro atoms. The van der Waals surface area contributed by atoms with Gasteiger partial charge in [-0.1, -0.05) is 18.5 Å². The Balaban J connectivity index is 1.73. The maximum Gasteiger partial charge on any atom is 0.140 e. The predicted molar refractivity (Wildman–Crippen MR) is 84.9 cm³/mol. The van der Waals surface area contributed by atoms with Gasteiger partial charge in [0.2, 0.25) is 0 Å². The van der Waals surface area contributed by atoms with Crippen LogP contribution < -0.4 is 10.1 Å². The number of thiophene rings is 1. The molecule has 108 valence electrons. The summed E-state index contributed by atoms with van der Waals surface area (Å²) in [5, 5.41) is 3.34. The molecule has 2 aromatic rings. The molecule has 0 bridgehead atoms. The number of hydrogen-bond acceptors (Lipinski definition) is 4. The average Bonchev–Trinajstić information content (AvgIpc) is 2.85. The van der Waals surface area contributed by atoms with Crippen LogP contribution in [0.25, 0.3) is 0 Å². The highest BCUT2D eigenvalue weighted by molar-refractivity contribution is 7.16. The minimum absolute atomic E-state index is 0.636. The summed E-state index contributed by atoms with van der Waals surface area (Å²) in [6, 6.07) is 7.95. The molecule has 2 heterocycles. The van der Waals surface area contributed by atoms with Crippen LogP contribution in [-0.2, 0) is 13.0 Å². The second-order valence-electron chi connectivity index (χ2n) is 4.48. The van der Waals surface area contributed by atoms with Crippen molar-refractivity contribution < 1.29 is 4.74 Å². The Bertz CT molecular complexity index is 557. The van der Waals surface area contributed by atoms with Crippen molar-refractivity contribution in [3.8, 4) is 5.75 Å². The van der Waals surface area contributed by atoms with E-state index in [-0.39, 0.29) is 0 Å². The molecular weight excluding hydrogens is 292 g/mol. The molecule has 0 aliphatic rings. The first-order valence-corrected chi connectivity index (χ1v) is 7.92. The highest BCUT2D eigenvalue weighted by Crippen LogP contribution is 2.21. The highest BCUT2D eigenvalue weighted by Gasteiger charge is 2.03. The van der Waals surface area contributed by atoms with Crippen LogP contribution >= 0.6 is 22.9 Å². The molecule has 0 aliphatic carbocycles. The molecule has 0 fully saturated rings. The van der Waals surface area contributed by atoms with Crippen LogP contribution in [0.5, 0.6) is 5.75 Å². The van der Waals surface area contributed by atoms with Gasteiger partial charge < -0.3 is 10.1 Å². The van der Waals surface area contributed by atoms with Crippen LogP contribution in [0.3, 0.4) is 0 Å². The van der Waals surface area contributed by atoms with E-state index in [2.05, 4.69) is 17.2 Å². The number of halogens is 1. The number of ether oxygens (including phenoxy) is 1. The monoisotopic (exact) mass is 310 g/mol. The van der Waals surface area contributed by atoms with Gasteiger partial charge in [-0.2, -0.15) is 0 Å². The number of aromatic nitrogens is 1. The van der Waals surface area contributed by atoms with Crippen molar-refractivity contribution in [1.29, 1.82) is 0 Å². The summed E-state index contributed by atoms with van der Waals surface area (Å²) in [6.07, 6.45) is 0.887. The predicted octanol–water partition coefficient (Wildman–Crippen LogP) is 3.84. The maximum absolute atomic E-state index is 5.89. The molecule has 0 saturated carbocycles. The van der Waals surface area contributed by atoms with Crippen molar-refractivity contribution in [3.63, 3.8) is 0 Å². The molecule has 2 rings (SSSR count). The van der Waals surface area contributed by atoms with Gasteiger partial charge in [-0.25, -0.2) is 0 Å². The smallest absolute Gasteiger partial charge is 0.140 e. The van der Waals surface area contributed by atoms with Gasteiger partial charge in [-0.3, -0.25) is 4.98 Å². The number of hydrogen-bond donors (Lipinski definition) is 1. The lowest BCUT2D eigenvalue weighted by molar-refractivity contribution is 0.309. The zero-order valence-electron chi connectivity index (χ0n) is 11.8. The lowest BCUT2D eigenvalue weighted by atomic mass is 10.2. The van der Waals surface area contributed by atoms with Gasteiger partial charge in [-0.15, -0.1) is 11.3 Å². The van der Waals surface area contributed by atoms with Crippen molar-refractivity contribution >= 4 is 22.9 Å². The van der Waals surface area contributed by atoms with E-state index in [9.17, 15) is 0 Å². The molecule has 5 heteroatoms. The van der Waals surface area contributed by atoms with Gasteiger partial charge in [0, 0.05) is 23.7 Å². The van der Waals surface area contributed by atoms with Crippen molar-refractivity contribution in [1.82, 2.24) is 10.3 Å². The summed E-state index contributed by atoms with van der Waals surface area (Å²) < 4.78 is 6.61. The van der Waals surface area contributed by atoms with E-state index in [0.717, 1.165) is 41.0 Å². The number of nitrogens with one attached hydrogen (secondary N) is 1. The topological polar surface area (TPSA) is 34.1 Å². The van der Waals surface area contributed by atoms with Gasteiger partial charge >= 0.3 is 0 Å².